The lowest BCUT2D eigenvalue weighted by atomic mass is 9.83. The molecule has 1 aliphatic carbocycles. The number of aliphatic hydroxyl groups is 1. The second-order valence-electron chi connectivity index (χ2n) is 9.39. The highest BCUT2D eigenvalue weighted by molar-refractivity contribution is 6.11. The first-order valence-corrected chi connectivity index (χ1v) is 11.4. The van der Waals surface area contributed by atoms with Gasteiger partial charge in [-0.05, 0) is 45.2 Å². The van der Waals surface area contributed by atoms with Crippen LogP contribution in [-0.4, -0.2) is 43.1 Å². The van der Waals surface area contributed by atoms with Gasteiger partial charge in [-0.15, -0.1) is 0 Å². The third-order valence-electron chi connectivity index (χ3n) is 6.29. The minimum absolute atomic E-state index is 0.0886. The van der Waals surface area contributed by atoms with Crippen molar-refractivity contribution in [3.05, 3.63) is 41.9 Å². The Bertz CT molecular complexity index is 1350. The molecule has 34 heavy (non-hydrogen) atoms. The van der Waals surface area contributed by atoms with Crippen LogP contribution in [0.15, 0.2) is 24.5 Å². The van der Waals surface area contributed by atoms with Gasteiger partial charge in [-0.3, -0.25) is 0 Å². The highest BCUT2D eigenvalue weighted by Crippen LogP contribution is 2.40. The van der Waals surface area contributed by atoms with E-state index in [0.29, 0.717) is 17.1 Å². The van der Waals surface area contributed by atoms with Gasteiger partial charge in [-0.2, -0.15) is 9.97 Å². The number of hydrogen-bond acceptors (Lipinski definition) is 8. The average Bonchev–Trinajstić information content (AvgIpc) is 3.16. The molecule has 3 aromatic heterocycles. The molecule has 1 aromatic carbocycles. The number of halogens is 1. The molecule has 1 unspecified atom stereocenters. The predicted molar refractivity (Wildman–Crippen MR) is 127 cm³/mol. The van der Waals surface area contributed by atoms with Crippen LogP contribution < -0.4 is 15.8 Å². The molecule has 1 saturated carbocycles. The van der Waals surface area contributed by atoms with Gasteiger partial charge in [0.25, 0.3) is 0 Å². The quantitative estimate of drug-likeness (QED) is 0.346. The van der Waals surface area contributed by atoms with Crippen molar-refractivity contribution in [1.29, 1.82) is 0 Å². The first-order chi connectivity index (χ1) is 16.2. The Morgan fingerprint density at radius 1 is 1.21 bits per heavy atom. The number of aromatic amines is 1. The van der Waals surface area contributed by atoms with Gasteiger partial charge in [0.2, 0.25) is 0 Å². The van der Waals surface area contributed by atoms with Crippen LogP contribution in [0.2, 0.25) is 0 Å². The molecule has 1 aliphatic rings. The summed E-state index contributed by atoms with van der Waals surface area (Å²) in [6.45, 7) is 3.22. The lowest BCUT2D eigenvalue weighted by molar-refractivity contribution is 0.0685. The second kappa shape index (κ2) is 8.44. The van der Waals surface area contributed by atoms with Gasteiger partial charge in [0.1, 0.15) is 17.1 Å². The van der Waals surface area contributed by atoms with Crippen molar-refractivity contribution in [2.45, 2.75) is 57.1 Å². The molecule has 0 aliphatic heterocycles. The Morgan fingerprint density at radius 3 is 2.65 bits per heavy atom. The summed E-state index contributed by atoms with van der Waals surface area (Å²) in [7, 11) is 1.75. The minimum Gasteiger partial charge on any atom is -0.421 e. The SMILES string of the molecule is CNc1cc(F)cc2c1[nH]c1nc(Oc3cnc(C(C)(C)O)nc3)nc(C3CCC[C@@H](N)C3)c12. The van der Waals surface area contributed by atoms with Crippen LogP contribution in [0.1, 0.15) is 57.0 Å². The zero-order valence-electron chi connectivity index (χ0n) is 19.4. The normalized spacial score (nSPS) is 19.0. The van der Waals surface area contributed by atoms with Crippen LogP contribution >= 0.6 is 0 Å². The molecule has 0 radical (unpaired) electrons. The van der Waals surface area contributed by atoms with Crippen LogP contribution in [0.3, 0.4) is 0 Å². The lowest BCUT2D eigenvalue weighted by Crippen LogP contribution is -2.27. The van der Waals surface area contributed by atoms with E-state index in [1.807, 2.05) is 0 Å². The Hall–Kier alpha value is -3.37. The topological polar surface area (TPSA) is 135 Å². The maximum absolute atomic E-state index is 14.4. The summed E-state index contributed by atoms with van der Waals surface area (Å²) in [6, 6.07) is 3.18. The molecule has 9 nitrogen and oxygen atoms in total. The van der Waals surface area contributed by atoms with Gasteiger partial charge in [-0.25, -0.2) is 14.4 Å². The van der Waals surface area contributed by atoms with Crippen molar-refractivity contribution in [2.24, 2.45) is 5.73 Å². The van der Waals surface area contributed by atoms with E-state index < -0.39 is 5.60 Å². The number of fused-ring (bicyclic) bond motifs is 3. The fraction of sp³-hybridized carbons (Fsp3) is 0.417. The molecule has 0 amide bonds. The maximum Gasteiger partial charge on any atom is 0.324 e. The number of benzene rings is 1. The zero-order valence-corrected chi connectivity index (χ0v) is 19.4. The molecule has 10 heteroatoms. The summed E-state index contributed by atoms with van der Waals surface area (Å²) < 4.78 is 20.4. The highest BCUT2D eigenvalue weighted by Gasteiger charge is 2.27. The zero-order chi connectivity index (χ0) is 24.0. The monoisotopic (exact) mass is 465 g/mol. The predicted octanol–water partition coefficient (Wildman–Crippen LogP) is 4.09. The molecule has 0 spiro atoms. The van der Waals surface area contributed by atoms with E-state index in [4.69, 9.17) is 15.5 Å². The van der Waals surface area contributed by atoms with E-state index in [1.54, 1.807) is 20.9 Å². The van der Waals surface area contributed by atoms with Crippen LogP contribution in [0.5, 0.6) is 11.8 Å². The molecular weight excluding hydrogens is 437 g/mol. The summed E-state index contributed by atoms with van der Waals surface area (Å²) >= 11 is 0. The molecule has 0 bridgehead atoms. The molecule has 4 aromatic rings. The molecule has 178 valence electrons. The summed E-state index contributed by atoms with van der Waals surface area (Å²) in [5.41, 5.74) is 7.87. The molecule has 1 fully saturated rings. The summed E-state index contributed by atoms with van der Waals surface area (Å²) in [5.74, 6) is 0.390. The van der Waals surface area contributed by atoms with E-state index >= 15 is 0 Å². The largest absolute Gasteiger partial charge is 0.421 e. The van der Waals surface area contributed by atoms with Crippen molar-refractivity contribution in [2.75, 3.05) is 12.4 Å². The van der Waals surface area contributed by atoms with Crippen molar-refractivity contribution in [3.63, 3.8) is 0 Å². The number of nitrogens with zero attached hydrogens (tertiary/aromatic N) is 4. The number of hydrogen-bond donors (Lipinski definition) is 4. The maximum atomic E-state index is 14.4. The molecule has 0 saturated heterocycles. The van der Waals surface area contributed by atoms with Crippen molar-refractivity contribution >= 4 is 27.6 Å². The number of aromatic nitrogens is 5. The fourth-order valence-electron chi connectivity index (χ4n) is 4.67. The molecule has 5 rings (SSSR count). The summed E-state index contributed by atoms with van der Waals surface area (Å²) in [4.78, 5) is 21.0. The summed E-state index contributed by atoms with van der Waals surface area (Å²) in [5, 5.41) is 14.6. The van der Waals surface area contributed by atoms with Gasteiger partial charge in [0.15, 0.2) is 11.6 Å². The molecule has 2 atom stereocenters. The van der Waals surface area contributed by atoms with Gasteiger partial charge in [0.05, 0.1) is 29.3 Å². The average molecular weight is 466 g/mol. The Morgan fingerprint density at radius 2 is 1.97 bits per heavy atom. The van der Waals surface area contributed by atoms with Crippen LogP contribution in [0.4, 0.5) is 10.1 Å². The lowest BCUT2D eigenvalue weighted by Gasteiger charge is -2.26. The van der Waals surface area contributed by atoms with Gasteiger partial charge < -0.3 is 25.9 Å². The molecule has 3 heterocycles. The molecule has 5 N–H and O–H groups in total. The molecular formula is C24H28FN7O2. The van der Waals surface area contributed by atoms with E-state index in [0.717, 1.165) is 47.7 Å². The number of ether oxygens (including phenoxy) is 1. The van der Waals surface area contributed by atoms with E-state index in [-0.39, 0.29) is 29.6 Å². The van der Waals surface area contributed by atoms with E-state index in [1.165, 1.54) is 24.5 Å². The van der Waals surface area contributed by atoms with Crippen molar-refractivity contribution in [1.82, 2.24) is 24.9 Å². The number of H-pyrrole nitrogens is 1. The van der Waals surface area contributed by atoms with Gasteiger partial charge in [0, 0.05) is 29.8 Å². The third kappa shape index (κ3) is 4.14. The van der Waals surface area contributed by atoms with Crippen LogP contribution in [-0.2, 0) is 5.60 Å². The van der Waals surface area contributed by atoms with Crippen molar-refractivity contribution < 1.29 is 14.2 Å². The minimum atomic E-state index is -1.16. The van der Waals surface area contributed by atoms with Crippen LogP contribution in [0.25, 0.3) is 21.9 Å². The smallest absolute Gasteiger partial charge is 0.324 e. The first-order valence-electron chi connectivity index (χ1n) is 11.4. The van der Waals surface area contributed by atoms with E-state index in [9.17, 15) is 9.50 Å². The first kappa shape index (κ1) is 22.4. The Balaban J connectivity index is 1.64. The van der Waals surface area contributed by atoms with Gasteiger partial charge >= 0.3 is 6.01 Å². The van der Waals surface area contributed by atoms with E-state index in [2.05, 4.69) is 25.3 Å². The number of nitrogens with one attached hydrogen (secondary N) is 2. The number of nitrogens with two attached hydrogens (primary N) is 1. The third-order valence-corrected chi connectivity index (χ3v) is 6.29. The second-order valence-corrected chi connectivity index (χ2v) is 9.39. The standard InChI is InChI=1S/C24H28FN7O2/c1-24(2,33)22-28-10-15(11-29-22)34-23-31-19(12-5-4-6-14(26)7-12)18-16-8-13(25)9-17(27-3)20(16)30-21(18)32-23/h8-12,14,27,33H,4-7,26H2,1-3H3,(H,30,31,32)/t12?,14-/m1/s1. The fourth-order valence-corrected chi connectivity index (χ4v) is 4.67. The van der Waals surface area contributed by atoms with Gasteiger partial charge in [-0.1, -0.05) is 6.42 Å². The Labute approximate surface area is 196 Å². The van der Waals surface area contributed by atoms with Crippen molar-refractivity contribution in [3.8, 4) is 11.8 Å². The number of rotatable bonds is 5. The highest BCUT2D eigenvalue weighted by atomic mass is 19.1. The van der Waals surface area contributed by atoms with Crippen LogP contribution in [0, 0.1) is 5.82 Å². The number of anilines is 1. The Kier molecular flexibility index (Phi) is 5.57. The summed E-state index contributed by atoms with van der Waals surface area (Å²) in [6.07, 6.45) is 6.65.